The lowest BCUT2D eigenvalue weighted by atomic mass is 10.1. The number of nitrogens with one attached hydrogen (secondary N) is 2. The zero-order valence-electron chi connectivity index (χ0n) is 14.6. The topological polar surface area (TPSA) is 125 Å². The number of carbonyl (C=O) groups excluding carboxylic acids is 2. The summed E-state index contributed by atoms with van der Waals surface area (Å²) < 4.78 is 4.97. The molecule has 8 heteroatoms. The molecule has 142 valence electrons. The third kappa shape index (κ3) is 8.84. The molecule has 0 heterocycles. The number of aliphatic hydroxyl groups is 1. The zero-order chi connectivity index (χ0) is 19.5. The van der Waals surface area contributed by atoms with E-state index in [1.54, 1.807) is 19.1 Å². The number of hydrogen-bond acceptors (Lipinski definition) is 5. The molecule has 4 N–H and O–H groups in total. The van der Waals surface area contributed by atoms with E-state index in [9.17, 15) is 19.5 Å². The van der Waals surface area contributed by atoms with Gasteiger partial charge in [-0.2, -0.15) is 0 Å². The van der Waals surface area contributed by atoms with Crippen LogP contribution in [0.4, 0.5) is 4.79 Å². The lowest BCUT2D eigenvalue weighted by Crippen LogP contribution is -2.43. The number of aliphatic carboxylic acids is 1. The quantitative estimate of drug-likeness (QED) is 0.462. The normalized spacial score (nSPS) is 12.5. The van der Waals surface area contributed by atoms with E-state index in [4.69, 9.17) is 9.84 Å². The van der Waals surface area contributed by atoms with Gasteiger partial charge in [0, 0.05) is 6.54 Å². The van der Waals surface area contributed by atoms with E-state index in [1.165, 1.54) is 0 Å². The van der Waals surface area contributed by atoms with Crippen molar-refractivity contribution in [2.24, 2.45) is 0 Å². The van der Waals surface area contributed by atoms with Crippen molar-refractivity contribution in [2.45, 2.75) is 38.5 Å². The average molecular weight is 364 g/mol. The number of ether oxygens (including phenoxy) is 1. The van der Waals surface area contributed by atoms with E-state index in [-0.39, 0.29) is 26.0 Å². The number of carboxylic acid groups (broad SMARTS) is 1. The Bertz CT molecular complexity index is 632. The van der Waals surface area contributed by atoms with Crippen LogP contribution in [-0.4, -0.2) is 46.9 Å². The first-order valence-corrected chi connectivity index (χ1v) is 8.07. The summed E-state index contributed by atoms with van der Waals surface area (Å²) in [5.41, 5.74) is 1.43. The lowest BCUT2D eigenvalue weighted by molar-refractivity contribution is -0.142. The highest BCUT2D eigenvalue weighted by Gasteiger charge is 2.21. The van der Waals surface area contributed by atoms with Gasteiger partial charge in [0.2, 0.25) is 5.91 Å². The smallest absolute Gasteiger partial charge is 0.407 e. The van der Waals surface area contributed by atoms with E-state index in [2.05, 4.69) is 17.2 Å². The molecule has 2 amide bonds. The Kier molecular flexibility index (Phi) is 8.86. The number of rotatable bonds is 10. The van der Waals surface area contributed by atoms with E-state index >= 15 is 0 Å². The predicted octanol–water partition coefficient (Wildman–Crippen LogP) is 1.20. The maximum absolute atomic E-state index is 11.8. The Hall–Kier alpha value is -2.87. The summed E-state index contributed by atoms with van der Waals surface area (Å²) in [7, 11) is 0. The van der Waals surface area contributed by atoms with Gasteiger partial charge in [0.05, 0.1) is 12.5 Å². The second-order valence-corrected chi connectivity index (χ2v) is 5.92. The highest BCUT2D eigenvalue weighted by Crippen LogP contribution is 2.04. The predicted molar refractivity (Wildman–Crippen MR) is 94.3 cm³/mol. The summed E-state index contributed by atoms with van der Waals surface area (Å²) >= 11 is 0. The van der Waals surface area contributed by atoms with Gasteiger partial charge in [-0.1, -0.05) is 35.9 Å². The first kappa shape index (κ1) is 21.2. The molecule has 0 unspecified atom stereocenters. The SMILES string of the molecule is C=C(C)C[C@H](NC(=O)C[C@H](O)CNC(=O)OCc1ccccc1)C(=O)O. The molecular weight excluding hydrogens is 340 g/mol. The molecule has 8 nitrogen and oxygen atoms in total. The summed E-state index contributed by atoms with van der Waals surface area (Å²) in [6.45, 7) is 5.16. The number of aliphatic hydroxyl groups excluding tert-OH is 1. The molecule has 0 saturated carbocycles. The van der Waals surface area contributed by atoms with Crippen LogP contribution in [0.2, 0.25) is 0 Å². The van der Waals surface area contributed by atoms with Gasteiger partial charge < -0.3 is 25.6 Å². The van der Waals surface area contributed by atoms with Gasteiger partial charge in [-0.15, -0.1) is 6.58 Å². The fourth-order valence-corrected chi connectivity index (χ4v) is 2.06. The molecule has 0 aromatic heterocycles. The number of benzene rings is 1. The fourth-order valence-electron chi connectivity index (χ4n) is 2.06. The summed E-state index contributed by atoms with van der Waals surface area (Å²) in [4.78, 5) is 34.4. The van der Waals surface area contributed by atoms with Crippen molar-refractivity contribution in [3.8, 4) is 0 Å². The first-order valence-electron chi connectivity index (χ1n) is 8.07. The van der Waals surface area contributed by atoms with Gasteiger partial charge >= 0.3 is 12.1 Å². The Labute approximate surface area is 151 Å². The van der Waals surface area contributed by atoms with Gasteiger partial charge in [-0.3, -0.25) is 4.79 Å². The first-order chi connectivity index (χ1) is 12.3. The van der Waals surface area contributed by atoms with Gasteiger partial charge in [0.1, 0.15) is 12.6 Å². The van der Waals surface area contributed by atoms with Crippen molar-refractivity contribution in [3.63, 3.8) is 0 Å². The summed E-state index contributed by atoms with van der Waals surface area (Å²) in [5, 5.41) is 23.5. The van der Waals surface area contributed by atoms with Crippen LogP contribution in [0.25, 0.3) is 0 Å². The molecule has 0 bridgehead atoms. The van der Waals surface area contributed by atoms with Crippen molar-refractivity contribution in [3.05, 3.63) is 48.0 Å². The third-order valence-corrected chi connectivity index (χ3v) is 3.30. The molecule has 0 aliphatic rings. The van der Waals surface area contributed by atoms with Crippen molar-refractivity contribution in [2.75, 3.05) is 6.54 Å². The van der Waals surface area contributed by atoms with Crippen LogP contribution >= 0.6 is 0 Å². The molecule has 0 fully saturated rings. The number of carbonyl (C=O) groups is 3. The Morgan fingerprint density at radius 3 is 2.42 bits per heavy atom. The van der Waals surface area contributed by atoms with Crippen molar-refractivity contribution >= 4 is 18.0 Å². The van der Waals surface area contributed by atoms with Crippen LogP contribution in [0, 0.1) is 0 Å². The highest BCUT2D eigenvalue weighted by molar-refractivity contribution is 5.84. The molecule has 1 rings (SSSR count). The van der Waals surface area contributed by atoms with Crippen molar-refractivity contribution in [1.82, 2.24) is 10.6 Å². The summed E-state index contributed by atoms with van der Waals surface area (Å²) in [6.07, 6.45) is -2.14. The molecule has 0 aliphatic carbocycles. The highest BCUT2D eigenvalue weighted by atomic mass is 16.5. The average Bonchev–Trinajstić information content (AvgIpc) is 2.58. The second kappa shape index (κ2) is 10.9. The van der Waals surface area contributed by atoms with Crippen LogP contribution in [0.5, 0.6) is 0 Å². The second-order valence-electron chi connectivity index (χ2n) is 5.92. The molecule has 1 aromatic carbocycles. The maximum atomic E-state index is 11.8. The number of alkyl carbamates (subject to hydrolysis) is 1. The molecule has 1 aromatic rings. The molecule has 0 saturated heterocycles. The minimum absolute atomic E-state index is 0.0877. The molecule has 2 atom stereocenters. The van der Waals surface area contributed by atoms with Crippen LogP contribution in [0.3, 0.4) is 0 Å². The number of hydrogen-bond donors (Lipinski definition) is 4. The van der Waals surface area contributed by atoms with Crippen LogP contribution in [-0.2, 0) is 20.9 Å². The minimum Gasteiger partial charge on any atom is -0.480 e. The number of carboxylic acids is 1. The summed E-state index contributed by atoms with van der Waals surface area (Å²) in [5.74, 6) is -1.82. The van der Waals surface area contributed by atoms with Crippen molar-refractivity contribution in [1.29, 1.82) is 0 Å². The largest absolute Gasteiger partial charge is 0.480 e. The van der Waals surface area contributed by atoms with Crippen LogP contribution in [0.1, 0.15) is 25.3 Å². The van der Waals surface area contributed by atoms with E-state index < -0.39 is 30.1 Å². The standard InChI is InChI=1S/C18H24N2O6/c1-12(2)8-15(17(23)24)20-16(22)9-14(21)10-19-18(25)26-11-13-6-4-3-5-7-13/h3-7,14-15,21H,1,8-11H2,2H3,(H,19,25)(H,20,22)(H,23,24)/t14-,15-/m0/s1. The molecular formula is C18H24N2O6. The van der Waals surface area contributed by atoms with Gasteiger partial charge in [-0.25, -0.2) is 9.59 Å². The zero-order valence-corrected chi connectivity index (χ0v) is 14.6. The fraction of sp³-hybridized carbons (Fsp3) is 0.389. The number of amides is 2. The lowest BCUT2D eigenvalue weighted by Gasteiger charge is -2.16. The Morgan fingerprint density at radius 2 is 1.85 bits per heavy atom. The Balaban J connectivity index is 2.30. The van der Waals surface area contributed by atoms with Crippen LogP contribution < -0.4 is 10.6 Å². The molecule has 0 spiro atoms. The van der Waals surface area contributed by atoms with Gasteiger partial charge in [0.15, 0.2) is 0 Å². The minimum atomic E-state index is -1.18. The van der Waals surface area contributed by atoms with Crippen molar-refractivity contribution < 1.29 is 29.3 Å². The molecule has 0 aliphatic heterocycles. The van der Waals surface area contributed by atoms with E-state index in [0.717, 1.165) is 5.56 Å². The summed E-state index contributed by atoms with van der Waals surface area (Å²) in [6, 6.07) is 7.98. The van der Waals surface area contributed by atoms with Gasteiger partial charge in [-0.05, 0) is 18.9 Å². The molecule has 0 radical (unpaired) electrons. The third-order valence-electron chi connectivity index (χ3n) is 3.30. The molecule has 26 heavy (non-hydrogen) atoms. The van der Waals surface area contributed by atoms with E-state index in [1.807, 2.05) is 18.2 Å². The monoisotopic (exact) mass is 364 g/mol. The van der Waals surface area contributed by atoms with Crippen LogP contribution in [0.15, 0.2) is 42.5 Å². The van der Waals surface area contributed by atoms with E-state index in [0.29, 0.717) is 5.57 Å². The Morgan fingerprint density at radius 1 is 1.19 bits per heavy atom. The maximum Gasteiger partial charge on any atom is 0.407 e. The van der Waals surface area contributed by atoms with Gasteiger partial charge in [0.25, 0.3) is 0 Å².